The monoisotopic (exact) mass is 691 g/mol. The van der Waals surface area contributed by atoms with Gasteiger partial charge in [0.1, 0.15) is 5.75 Å². The van der Waals surface area contributed by atoms with Gasteiger partial charge < -0.3 is 15.3 Å². The summed E-state index contributed by atoms with van der Waals surface area (Å²) in [5.74, 6) is -2.35. The van der Waals surface area contributed by atoms with E-state index >= 15 is 0 Å². The summed E-state index contributed by atoms with van der Waals surface area (Å²) in [6, 6.07) is 17.6. The zero-order chi connectivity index (χ0) is 34.4. The van der Waals surface area contributed by atoms with Crippen LogP contribution in [0.1, 0.15) is 113 Å². The number of phenolic OH excluding ortho intramolecular Hbond substituents is 1. The first-order chi connectivity index (χ1) is 22.3. The van der Waals surface area contributed by atoms with Crippen LogP contribution in [0.2, 0.25) is 0 Å². The molecule has 1 aromatic heterocycles. The first-order valence-electron chi connectivity index (χ1n) is 16.3. The molecule has 255 valence electrons. The quantitative estimate of drug-likeness (QED) is 0.195. The van der Waals surface area contributed by atoms with Crippen LogP contribution >= 0.6 is 0 Å². The number of phenols is 1. The maximum absolute atomic E-state index is 11.6. The number of nitrogens with zero attached hydrogens (tertiary/aromatic N) is 3. The van der Waals surface area contributed by atoms with Crippen molar-refractivity contribution in [2.45, 2.75) is 93.4 Å². The molecule has 0 saturated heterocycles. The number of aromatic nitrogens is 1. The molecular weight excluding hydrogens is 645 g/mol. The van der Waals surface area contributed by atoms with Crippen LogP contribution in [-0.4, -0.2) is 32.6 Å². The molecule has 1 aliphatic carbocycles. The number of hydrogen-bond acceptors (Lipinski definition) is 6. The number of benzene rings is 3. The third-order valence-corrected chi connectivity index (χ3v) is 8.75. The van der Waals surface area contributed by atoms with Gasteiger partial charge in [-0.1, -0.05) is 72.5 Å². The number of carbonyl (C=O) groups is 1. The average Bonchev–Trinajstić information content (AvgIpc) is 3.02. The molecule has 48 heavy (non-hydrogen) atoms. The van der Waals surface area contributed by atoms with E-state index in [0.29, 0.717) is 5.56 Å². The van der Waals surface area contributed by atoms with Gasteiger partial charge in [0.2, 0.25) is 0 Å². The fourth-order valence-corrected chi connectivity index (χ4v) is 6.55. The van der Waals surface area contributed by atoms with Gasteiger partial charge in [-0.15, -0.1) is 0 Å². The van der Waals surface area contributed by atoms with Gasteiger partial charge in [0.15, 0.2) is 0 Å². The minimum Gasteiger partial charge on any atom is -0.869 e. The number of carboxylic acid groups (broad SMARTS) is 1. The number of aliphatic imine (C=N–C) groups is 2. The van der Waals surface area contributed by atoms with Crippen LogP contribution in [0.15, 0.2) is 64.6 Å². The van der Waals surface area contributed by atoms with Crippen molar-refractivity contribution in [3.63, 3.8) is 0 Å². The molecule has 1 aliphatic rings. The van der Waals surface area contributed by atoms with Gasteiger partial charge in [0, 0.05) is 16.8 Å². The summed E-state index contributed by atoms with van der Waals surface area (Å²) in [7, 11) is 0. The Labute approximate surface area is 295 Å². The van der Waals surface area contributed by atoms with Crippen LogP contribution in [-0.2, 0) is 16.8 Å². The van der Waals surface area contributed by atoms with Crippen LogP contribution in [0, 0.1) is 41.5 Å². The third kappa shape index (κ3) is 9.20. The number of aromatic hydroxyl groups is 1. The maximum Gasteiger partial charge on any atom is 0.335 e. The van der Waals surface area contributed by atoms with E-state index in [2.05, 4.69) is 65.8 Å². The van der Waals surface area contributed by atoms with E-state index in [0.717, 1.165) is 59.9 Å². The summed E-state index contributed by atoms with van der Waals surface area (Å²) in [6.07, 6.45) is 5.15. The fraction of sp³-hybridized carbons (Fsp3) is 0.350. The van der Waals surface area contributed by atoms with E-state index in [-0.39, 0.29) is 28.3 Å². The molecule has 0 aliphatic heterocycles. The number of pyridine rings is 1. The van der Waals surface area contributed by atoms with Gasteiger partial charge in [-0.2, -0.15) is 0 Å². The number of aryl methyl sites for hydroxylation is 6. The molecule has 1 saturated carbocycles. The van der Waals surface area contributed by atoms with Gasteiger partial charge in [0.25, 0.3) is 0 Å². The van der Waals surface area contributed by atoms with Gasteiger partial charge in [-0.3, -0.25) is 9.98 Å². The van der Waals surface area contributed by atoms with Crippen molar-refractivity contribution in [1.82, 2.24) is 4.98 Å². The topological polar surface area (TPSA) is 118 Å². The Kier molecular flexibility index (Phi) is 13.3. The minimum atomic E-state index is -1.24. The first kappa shape index (κ1) is 38.2. The zero-order valence-corrected chi connectivity index (χ0v) is 30.2. The Morgan fingerprint density at radius 2 is 1.19 bits per heavy atom. The van der Waals surface area contributed by atoms with Gasteiger partial charge >= 0.3 is 5.97 Å². The number of carboxylic acids is 1. The second-order valence-electron chi connectivity index (χ2n) is 12.8. The molecule has 0 spiro atoms. The zero-order valence-electron chi connectivity index (χ0n) is 29.2. The van der Waals surface area contributed by atoms with Crippen LogP contribution < -0.4 is 5.11 Å². The molecule has 7 nitrogen and oxygen atoms in total. The molecule has 1 heterocycles. The van der Waals surface area contributed by atoms with Crippen molar-refractivity contribution in [3.8, 4) is 11.5 Å². The maximum atomic E-state index is 11.6. The summed E-state index contributed by atoms with van der Waals surface area (Å²) in [5, 5.41) is 30.0. The summed E-state index contributed by atoms with van der Waals surface area (Å²) in [4.78, 5) is 25.8. The van der Waals surface area contributed by atoms with Crippen LogP contribution in [0.3, 0.4) is 0 Å². The van der Waals surface area contributed by atoms with Crippen molar-refractivity contribution in [3.05, 3.63) is 110 Å². The van der Waals surface area contributed by atoms with Crippen LogP contribution in [0.4, 0.5) is 11.4 Å². The largest absolute Gasteiger partial charge is 0.869 e. The van der Waals surface area contributed by atoms with Crippen LogP contribution in [0.5, 0.6) is 11.5 Å². The molecule has 0 atom stereocenters. The molecule has 0 unspecified atom stereocenters. The Bertz CT molecular complexity index is 1720. The summed E-state index contributed by atoms with van der Waals surface area (Å²) < 4.78 is 0. The van der Waals surface area contributed by atoms with Gasteiger partial charge in [-0.25, -0.2) is 9.78 Å². The summed E-state index contributed by atoms with van der Waals surface area (Å²) >= 11 is 0. The molecule has 0 amide bonds. The molecule has 5 rings (SSSR count). The van der Waals surface area contributed by atoms with E-state index in [4.69, 9.17) is 20.1 Å². The van der Waals surface area contributed by atoms with Crippen molar-refractivity contribution in [1.29, 1.82) is 0 Å². The Morgan fingerprint density at radius 3 is 1.60 bits per heavy atom. The fourth-order valence-electron chi connectivity index (χ4n) is 6.55. The molecule has 2 N–H and O–H groups in total. The van der Waals surface area contributed by atoms with Crippen molar-refractivity contribution < 1.29 is 36.9 Å². The Balaban J connectivity index is 0.000000295. The smallest absolute Gasteiger partial charge is 0.335 e. The Hall–Kier alpha value is -4.27. The van der Waals surface area contributed by atoms with E-state index in [1.165, 1.54) is 45.9 Å². The van der Waals surface area contributed by atoms with Gasteiger partial charge in [-0.05, 0) is 120 Å². The predicted octanol–water partition coefficient (Wildman–Crippen LogP) is 9.42. The Morgan fingerprint density at radius 1 is 0.750 bits per heavy atom. The summed E-state index contributed by atoms with van der Waals surface area (Å²) in [5.41, 5.74) is 13.2. The number of aromatic carboxylic acids is 1. The average molecular weight is 692 g/mol. The molecule has 1 radical (unpaired) electrons. The number of hydrogen-bond donors (Lipinski definition) is 2. The number of rotatable bonds is 6. The molecule has 1 fully saturated rings. The van der Waals surface area contributed by atoms with E-state index < -0.39 is 17.5 Å². The third-order valence-electron chi connectivity index (χ3n) is 8.75. The van der Waals surface area contributed by atoms with E-state index in [9.17, 15) is 15.0 Å². The molecule has 0 bridgehead atoms. The normalized spacial score (nSPS) is 13.8. The predicted molar refractivity (Wildman–Crippen MR) is 190 cm³/mol. The minimum absolute atomic E-state index is 0. The second-order valence-corrected chi connectivity index (χ2v) is 12.8. The van der Waals surface area contributed by atoms with E-state index in [1.807, 2.05) is 32.0 Å². The molecule has 8 heteroatoms. The van der Waals surface area contributed by atoms with Crippen LogP contribution in [0.25, 0.3) is 0 Å². The summed E-state index contributed by atoms with van der Waals surface area (Å²) in [6.45, 7) is 16.7. The standard InChI is InChI=1S/C27H31N3.C13H16O4.Co/c1-16-12-18(3)26(19(4)13-16)28-22(7)24-10-9-11-25(30-24)23(8)29-27-20(5)14-17(2)15-21(27)6;14-10-7-6-9(8-4-2-1-3-5-8)11(12(10)15)13(16)17;/h9-15H,1-8H3;6-8,14-15H,1-5H2,(H,16,17);/p-1. The molecule has 3 aromatic carbocycles. The SMILES string of the molecule is CC(=Nc1c(C)cc(C)cc1C)c1cccc(C(C)=Nc2c(C)cc(C)cc2C)n1.O=C(O)c1c(C2CCCCC2)ccc(O)c1[O-].[Co]. The second kappa shape index (κ2) is 16.7. The van der Waals surface area contributed by atoms with Gasteiger partial charge in [0.05, 0.1) is 39.7 Å². The van der Waals surface area contributed by atoms with Crippen molar-refractivity contribution in [2.75, 3.05) is 0 Å². The van der Waals surface area contributed by atoms with E-state index in [1.54, 1.807) is 6.07 Å². The van der Waals surface area contributed by atoms with Crippen molar-refractivity contribution >= 4 is 28.8 Å². The van der Waals surface area contributed by atoms with Crippen molar-refractivity contribution in [2.24, 2.45) is 9.98 Å². The first-order valence-corrected chi connectivity index (χ1v) is 16.3. The molecular formula is C40H46CoN3O4-. The molecule has 4 aromatic rings.